The third kappa shape index (κ3) is 5.43. The normalized spacial score (nSPS) is 10.6. The largest absolute Gasteiger partial charge is 0.496 e. The molecule has 0 fully saturated rings. The lowest BCUT2D eigenvalue weighted by Gasteiger charge is -2.22. The summed E-state index contributed by atoms with van der Waals surface area (Å²) in [5, 5.41) is 9.26. The Morgan fingerprint density at radius 1 is 1.10 bits per heavy atom. The third-order valence-corrected chi connectivity index (χ3v) is 5.61. The predicted molar refractivity (Wildman–Crippen MR) is 121 cm³/mol. The monoisotopic (exact) mass is 439 g/mol. The molecule has 1 heterocycles. The van der Waals surface area contributed by atoms with Gasteiger partial charge in [-0.25, -0.2) is 0 Å². The molecule has 0 spiro atoms. The van der Waals surface area contributed by atoms with Crippen molar-refractivity contribution in [3.05, 3.63) is 54.6 Å². The average molecular weight is 440 g/mol. The summed E-state index contributed by atoms with van der Waals surface area (Å²) in [6, 6.07) is 16.8. The first-order chi connectivity index (χ1) is 15.0. The number of anilines is 1. The number of aromatic nitrogens is 3. The smallest absolute Gasteiger partial charge is 0.237 e. The summed E-state index contributed by atoms with van der Waals surface area (Å²) in [4.78, 5) is 25.8. The molecule has 0 aliphatic rings. The van der Waals surface area contributed by atoms with Gasteiger partial charge >= 0.3 is 0 Å². The SMILES string of the molecule is CCn1c(SCC(=O)N(CCC(N)=O)c2ccccc2)nnc1-c1ccccc1OC. The van der Waals surface area contributed by atoms with Crippen LogP contribution in [0.5, 0.6) is 5.75 Å². The molecular formula is C22H25N5O3S. The van der Waals surface area contributed by atoms with Crippen molar-refractivity contribution in [3.8, 4) is 17.1 Å². The maximum Gasteiger partial charge on any atom is 0.237 e. The molecule has 2 N–H and O–H groups in total. The van der Waals surface area contributed by atoms with Gasteiger partial charge in [-0.15, -0.1) is 10.2 Å². The lowest BCUT2D eigenvalue weighted by molar-refractivity contribution is -0.118. The van der Waals surface area contributed by atoms with Crippen molar-refractivity contribution < 1.29 is 14.3 Å². The molecule has 0 saturated heterocycles. The van der Waals surface area contributed by atoms with Crippen LogP contribution in [0.25, 0.3) is 11.4 Å². The molecule has 31 heavy (non-hydrogen) atoms. The molecule has 0 atom stereocenters. The molecule has 162 valence electrons. The average Bonchev–Trinajstić information content (AvgIpc) is 3.21. The van der Waals surface area contributed by atoms with Crippen molar-refractivity contribution in [2.24, 2.45) is 5.73 Å². The van der Waals surface area contributed by atoms with Gasteiger partial charge < -0.3 is 19.9 Å². The number of hydrogen-bond donors (Lipinski definition) is 1. The van der Waals surface area contributed by atoms with Crippen LogP contribution < -0.4 is 15.4 Å². The Balaban J connectivity index is 1.78. The molecule has 0 bridgehead atoms. The van der Waals surface area contributed by atoms with Crippen LogP contribution in [0.2, 0.25) is 0 Å². The molecule has 8 nitrogen and oxygen atoms in total. The summed E-state index contributed by atoms with van der Waals surface area (Å²) in [5.41, 5.74) is 6.85. The van der Waals surface area contributed by atoms with Gasteiger partial charge in [0.15, 0.2) is 11.0 Å². The molecule has 1 aromatic heterocycles. The number of nitrogens with zero attached hydrogens (tertiary/aromatic N) is 4. The number of para-hydroxylation sites is 2. The lowest BCUT2D eigenvalue weighted by atomic mass is 10.2. The molecule has 9 heteroatoms. The highest BCUT2D eigenvalue weighted by Gasteiger charge is 2.20. The van der Waals surface area contributed by atoms with E-state index in [1.165, 1.54) is 11.8 Å². The number of methoxy groups -OCH3 is 1. The second-order valence-corrected chi connectivity index (χ2v) is 7.58. The topological polar surface area (TPSA) is 103 Å². The van der Waals surface area contributed by atoms with Crippen LogP contribution in [0.1, 0.15) is 13.3 Å². The Morgan fingerprint density at radius 3 is 2.48 bits per heavy atom. The second-order valence-electron chi connectivity index (χ2n) is 6.64. The number of amides is 2. The Kier molecular flexibility index (Phi) is 7.66. The number of ether oxygens (including phenoxy) is 1. The molecule has 2 amide bonds. The van der Waals surface area contributed by atoms with E-state index in [0.717, 1.165) is 11.3 Å². The number of primary amides is 1. The summed E-state index contributed by atoms with van der Waals surface area (Å²) < 4.78 is 7.40. The summed E-state index contributed by atoms with van der Waals surface area (Å²) in [6.45, 7) is 2.87. The number of carbonyl (C=O) groups excluding carboxylic acids is 2. The van der Waals surface area contributed by atoms with E-state index >= 15 is 0 Å². The standard InChI is InChI=1S/C22H25N5O3S/c1-3-26-21(17-11-7-8-12-18(17)30-2)24-25-22(26)31-15-20(29)27(14-13-19(23)28)16-9-5-4-6-10-16/h4-12H,3,13-15H2,1-2H3,(H2,23,28). The van der Waals surface area contributed by atoms with Gasteiger partial charge in [-0.2, -0.15) is 0 Å². The van der Waals surface area contributed by atoms with Gasteiger partial charge in [-0.1, -0.05) is 42.1 Å². The summed E-state index contributed by atoms with van der Waals surface area (Å²) in [5.74, 6) is 0.954. The maximum atomic E-state index is 13.0. The molecule has 0 aliphatic carbocycles. The maximum absolute atomic E-state index is 13.0. The van der Waals surface area contributed by atoms with Gasteiger partial charge in [-0.05, 0) is 31.2 Å². The van der Waals surface area contributed by atoms with Crippen LogP contribution in [-0.2, 0) is 16.1 Å². The van der Waals surface area contributed by atoms with Gasteiger partial charge in [0.1, 0.15) is 5.75 Å². The van der Waals surface area contributed by atoms with Gasteiger partial charge in [0.25, 0.3) is 0 Å². The van der Waals surface area contributed by atoms with Gasteiger partial charge in [0, 0.05) is 25.2 Å². The first-order valence-electron chi connectivity index (χ1n) is 9.88. The van der Waals surface area contributed by atoms with E-state index in [1.54, 1.807) is 12.0 Å². The molecule has 2 aromatic carbocycles. The van der Waals surface area contributed by atoms with Crippen molar-refractivity contribution in [2.75, 3.05) is 24.3 Å². The first-order valence-corrected chi connectivity index (χ1v) is 10.9. The van der Waals surface area contributed by atoms with E-state index in [-0.39, 0.29) is 24.6 Å². The number of hydrogen-bond acceptors (Lipinski definition) is 6. The minimum absolute atomic E-state index is 0.0917. The molecule has 0 unspecified atom stereocenters. The molecule has 0 radical (unpaired) electrons. The van der Waals surface area contributed by atoms with Crippen LogP contribution in [0, 0.1) is 0 Å². The minimum Gasteiger partial charge on any atom is -0.496 e. The minimum atomic E-state index is -0.450. The quantitative estimate of drug-likeness (QED) is 0.487. The summed E-state index contributed by atoms with van der Waals surface area (Å²) >= 11 is 1.31. The van der Waals surface area contributed by atoms with Crippen LogP contribution in [0.15, 0.2) is 59.8 Å². The van der Waals surface area contributed by atoms with Crippen molar-refractivity contribution >= 4 is 29.3 Å². The van der Waals surface area contributed by atoms with Crippen molar-refractivity contribution in [1.82, 2.24) is 14.8 Å². The molecule has 3 rings (SSSR count). The number of benzene rings is 2. The predicted octanol–water partition coefficient (Wildman–Crippen LogP) is 2.97. The summed E-state index contributed by atoms with van der Waals surface area (Å²) in [6.07, 6.45) is 0.0917. The van der Waals surface area contributed by atoms with Crippen molar-refractivity contribution in [3.63, 3.8) is 0 Å². The van der Waals surface area contributed by atoms with E-state index in [4.69, 9.17) is 10.5 Å². The fourth-order valence-electron chi connectivity index (χ4n) is 3.14. The van der Waals surface area contributed by atoms with E-state index in [0.29, 0.717) is 23.3 Å². The highest BCUT2D eigenvalue weighted by molar-refractivity contribution is 7.99. The number of carbonyl (C=O) groups is 2. The zero-order valence-corrected chi connectivity index (χ0v) is 18.3. The van der Waals surface area contributed by atoms with E-state index < -0.39 is 5.91 Å². The number of rotatable bonds is 10. The van der Waals surface area contributed by atoms with Crippen LogP contribution in [0.4, 0.5) is 5.69 Å². The lowest BCUT2D eigenvalue weighted by Crippen LogP contribution is -2.35. The van der Waals surface area contributed by atoms with Crippen molar-refractivity contribution in [1.29, 1.82) is 0 Å². The van der Waals surface area contributed by atoms with Crippen LogP contribution in [-0.4, -0.2) is 46.0 Å². The fraction of sp³-hybridized carbons (Fsp3) is 0.273. The highest BCUT2D eigenvalue weighted by Crippen LogP contribution is 2.31. The Bertz CT molecular complexity index is 1040. The fourth-order valence-corrected chi connectivity index (χ4v) is 4.02. The third-order valence-electron chi connectivity index (χ3n) is 4.66. The van der Waals surface area contributed by atoms with Crippen molar-refractivity contribution in [2.45, 2.75) is 25.0 Å². The van der Waals surface area contributed by atoms with E-state index in [1.807, 2.05) is 66.1 Å². The van der Waals surface area contributed by atoms with Gasteiger partial charge in [0.05, 0.1) is 18.4 Å². The Morgan fingerprint density at radius 2 is 1.81 bits per heavy atom. The van der Waals surface area contributed by atoms with Gasteiger partial charge in [-0.3, -0.25) is 9.59 Å². The highest BCUT2D eigenvalue weighted by atomic mass is 32.2. The molecular weight excluding hydrogens is 414 g/mol. The Hall–Kier alpha value is -3.33. The van der Waals surface area contributed by atoms with Crippen LogP contribution in [0.3, 0.4) is 0 Å². The van der Waals surface area contributed by atoms with E-state index in [9.17, 15) is 9.59 Å². The first kappa shape index (κ1) is 22.4. The van der Waals surface area contributed by atoms with E-state index in [2.05, 4.69) is 10.2 Å². The molecule has 0 saturated carbocycles. The van der Waals surface area contributed by atoms with Gasteiger partial charge in [0.2, 0.25) is 11.8 Å². The number of thioether (sulfide) groups is 1. The number of nitrogens with two attached hydrogens (primary N) is 1. The summed E-state index contributed by atoms with van der Waals surface area (Å²) in [7, 11) is 1.62. The zero-order chi connectivity index (χ0) is 22.2. The Labute approximate surface area is 185 Å². The molecule has 0 aliphatic heterocycles. The zero-order valence-electron chi connectivity index (χ0n) is 17.5. The second kappa shape index (κ2) is 10.6. The molecule has 3 aromatic rings. The van der Waals surface area contributed by atoms with Crippen LogP contribution >= 0.6 is 11.8 Å².